The van der Waals surface area contributed by atoms with Crippen molar-refractivity contribution in [3.05, 3.63) is 65.5 Å². The number of aromatic nitrogens is 1. The molecule has 2 aliphatic heterocycles. The smallest absolute Gasteiger partial charge is 0.232 e. The van der Waals surface area contributed by atoms with Gasteiger partial charge in [0.1, 0.15) is 30.0 Å². The number of para-hydroxylation sites is 1. The molecule has 9 heteroatoms. The number of hydrogen-bond acceptors (Lipinski definition) is 8. The van der Waals surface area contributed by atoms with Crippen LogP contribution in [0.25, 0.3) is 11.3 Å². The molecule has 2 unspecified atom stereocenters. The Kier molecular flexibility index (Phi) is 8.90. The van der Waals surface area contributed by atoms with E-state index >= 15 is 0 Å². The van der Waals surface area contributed by atoms with Gasteiger partial charge in [-0.05, 0) is 55.7 Å². The molecule has 0 amide bonds. The first kappa shape index (κ1) is 26.6. The van der Waals surface area contributed by atoms with Gasteiger partial charge in [-0.1, -0.05) is 23.4 Å². The van der Waals surface area contributed by atoms with Gasteiger partial charge in [0.15, 0.2) is 0 Å². The maximum absolute atomic E-state index is 13.7. The van der Waals surface area contributed by atoms with E-state index in [4.69, 9.17) is 18.7 Å². The molecular formula is C29H36FN3O5. The lowest BCUT2D eigenvalue weighted by molar-refractivity contribution is 0.0312. The molecule has 204 valence electrons. The Morgan fingerprint density at radius 1 is 1.13 bits per heavy atom. The van der Waals surface area contributed by atoms with Crippen LogP contribution in [-0.2, 0) is 16.0 Å². The van der Waals surface area contributed by atoms with Crippen LogP contribution < -0.4 is 9.64 Å². The van der Waals surface area contributed by atoms with Crippen LogP contribution in [0.5, 0.6) is 5.75 Å². The lowest BCUT2D eigenvalue weighted by atomic mass is 10.1. The highest BCUT2D eigenvalue weighted by molar-refractivity contribution is 5.68. The first-order valence-corrected chi connectivity index (χ1v) is 13.3. The Morgan fingerprint density at radius 2 is 1.92 bits per heavy atom. The molecule has 0 saturated carbocycles. The summed E-state index contributed by atoms with van der Waals surface area (Å²) in [6.45, 7) is 7.09. The van der Waals surface area contributed by atoms with Crippen molar-refractivity contribution >= 4 is 5.88 Å². The summed E-state index contributed by atoms with van der Waals surface area (Å²) in [6.07, 6.45) is 1.40. The molecule has 2 aliphatic rings. The van der Waals surface area contributed by atoms with Crippen molar-refractivity contribution in [1.82, 2.24) is 10.1 Å². The summed E-state index contributed by atoms with van der Waals surface area (Å²) < 4.78 is 37.0. The van der Waals surface area contributed by atoms with Gasteiger partial charge in [-0.3, -0.25) is 4.90 Å². The molecule has 0 spiro atoms. The van der Waals surface area contributed by atoms with E-state index in [1.54, 1.807) is 12.1 Å². The molecule has 3 heterocycles. The van der Waals surface area contributed by atoms with Gasteiger partial charge in [-0.25, -0.2) is 4.39 Å². The van der Waals surface area contributed by atoms with Crippen LogP contribution in [0, 0.1) is 12.7 Å². The highest BCUT2D eigenvalue weighted by atomic mass is 19.1. The average Bonchev–Trinajstić information content (AvgIpc) is 3.59. The summed E-state index contributed by atoms with van der Waals surface area (Å²) in [5.41, 5.74) is 3.39. The van der Waals surface area contributed by atoms with Crippen LogP contribution in [0.15, 0.2) is 53.1 Å². The van der Waals surface area contributed by atoms with Crippen LogP contribution in [-0.4, -0.2) is 80.0 Å². The maximum atomic E-state index is 13.7. The van der Waals surface area contributed by atoms with E-state index in [1.807, 2.05) is 31.2 Å². The number of ether oxygens (including phenoxy) is 3. The zero-order valence-electron chi connectivity index (χ0n) is 21.9. The quantitative estimate of drug-likeness (QED) is 0.402. The zero-order chi connectivity index (χ0) is 26.3. The van der Waals surface area contributed by atoms with Gasteiger partial charge < -0.3 is 28.7 Å². The van der Waals surface area contributed by atoms with Gasteiger partial charge >= 0.3 is 0 Å². The zero-order valence-corrected chi connectivity index (χ0v) is 21.9. The predicted octanol–water partition coefficient (Wildman–Crippen LogP) is 4.05. The van der Waals surface area contributed by atoms with Gasteiger partial charge in [-0.15, -0.1) is 0 Å². The Hall–Kier alpha value is -2.98. The number of hydrogen-bond donors (Lipinski definition) is 1. The molecule has 8 nitrogen and oxygen atoms in total. The lowest BCUT2D eigenvalue weighted by Gasteiger charge is -2.30. The summed E-state index contributed by atoms with van der Waals surface area (Å²) in [4.78, 5) is 4.33. The topological polar surface area (TPSA) is 80.4 Å². The van der Waals surface area contributed by atoms with E-state index in [2.05, 4.69) is 15.0 Å². The molecule has 38 heavy (non-hydrogen) atoms. The van der Waals surface area contributed by atoms with E-state index in [1.165, 1.54) is 12.1 Å². The molecule has 5 rings (SSSR count). The minimum Gasteiger partial charge on any atom is -0.491 e. The minimum atomic E-state index is -0.711. The Labute approximate surface area is 222 Å². The van der Waals surface area contributed by atoms with Crippen molar-refractivity contribution < 1.29 is 28.2 Å². The number of aliphatic hydroxyl groups excluding tert-OH is 1. The number of morpholine rings is 1. The summed E-state index contributed by atoms with van der Waals surface area (Å²) in [7, 11) is 0. The molecule has 0 radical (unpaired) electrons. The SMILES string of the molecule is Cc1ccccc1OCC(O)CN(Cc1c(-c2ccc(F)cc2)noc1N1CCOCC1)CC1CCCO1. The fraction of sp³-hybridized carbons (Fsp3) is 0.483. The Balaban J connectivity index is 1.38. The normalized spacial score (nSPS) is 18.7. The molecular weight excluding hydrogens is 489 g/mol. The lowest BCUT2D eigenvalue weighted by Crippen LogP contribution is -2.40. The number of anilines is 1. The van der Waals surface area contributed by atoms with Crippen molar-refractivity contribution in [2.24, 2.45) is 0 Å². The summed E-state index contributed by atoms with van der Waals surface area (Å²) in [5, 5.41) is 15.4. The molecule has 0 bridgehead atoms. The third-order valence-corrected chi connectivity index (χ3v) is 7.04. The number of benzene rings is 2. The van der Waals surface area contributed by atoms with Crippen LogP contribution in [0.4, 0.5) is 10.3 Å². The van der Waals surface area contributed by atoms with Crippen LogP contribution in [0.1, 0.15) is 24.0 Å². The molecule has 2 aromatic carbocycles. The standard InChI is InChI=1S/C29H36FN3O5/c1-21-5-2-3-7-27(21)37-20-24(34)17-32(18-25-6-4-14-36-25)19-26-28(22-8-10-23(30)11-9-22)31-38-29(26)33-12-15-35-16-13-33/h2-3,5,7-11,24-25,34H,4,6,12-20H2,1H3. The van der Waals surface area contributed by atoms with Gasteiger partial charge in [0.25, 0.3) is 0 Å². The summed E-state index contributed by atoms with van der Waals surface area (Å²) in [5.74, 6) is 1.16. The minimum absolute atomic E-state index is 0.0976. The third kappa shape index (κ3) is 6.71. The second-order valence-corrected chi connectivity index (χ2v) is 9.98. The van der Waals surface area contributed by atoms with Crippen LogP contribution in [0.2, 0.25) is 0 Å². The number of nitrogens with zero attached hydrogens (tertiary/aromatic N) is 3. The highest BCUT2D eigenvalue weighted by Gasteiger charge is 2.28. The van der Waals surface area contributed by atoms with Crippen molar-refractivity contribution in [3.63, 3.8) is 0 Å². The van der Waals surface area contributed by atoms with Crippen molar-refractivity contribution in [2.45, 2.75) is 38.5 Å². The van der Waals surface area contributed by atoms with Gasteiger partial charge in [0.2, 0.25) is 5.88 Å². The van der Waals surface area contributed by atoms with Crippen molar-refractivity contribution in [1.29, 1.82) is 0 Å². The fourth-order valence-corrected chi connectivity index (χ4v) is 5.05. The van der Waals surface area contributed by atoms with E-state index in [0.29, 0.717) is 57.5 Å². The second-order valence-electron chi connectivity index (χ2n) is 9.98. The molecule has 0 aliphatic carbocycles. The molecule has 2 saturated heterocycles. The number of halogens is 1. The van der Waals surface area contributed by atoms with Crippen LogP contribution in [0.3, 0.4) is 0 Å². The second kappa shape index (κ2) is 12.7. The molecule has 3 aromatic rings. The first-order valence-electron chi connectivity index (χ1n) is 13.3. The van der Waals surface area contributed by atoms with Crippen molar-refractivity contribution in [3.8, 4) is 17.0 Å². The monoisotopic (exact) mass is 525 g/mol. The third-order valence-electron chi connectivity index (χ3n) is 7.04. The molecule has 1 aromatic heterocycles. The van der Waals surface area contributed by atoms with Gasteiger partial charge in [0, 0.05) is 44.9 Å². The first-order chi connectivity index (χ1) is 18.6. The van der Waals surface area contributed by atoms with E-state index < -0.39 is 6.10 Å². The average molecular weight is 526 g/mol. The molecule has 2 fully saturated rings. The van der Waals surface area contributed by atoms with E-state index in [0.717, 1.165) is 41.9 Å². The largest absolute Gasteiger partial charge is 0.491 e. The summed E-state index contributed by atoms with van der Waals surface area (Å²) in [6, 6.07) is 14.1. The van der Waals surface area contributed by atoms with E-state index in [-0.39, 0.29) is 18.5 Å². The number of aliphatic hydroxyl groups is 1. The maximum Gasteiger partial charge on any atom is 0.232 e. The number of aryl methyl sites for hydroxylation is 1. The molecule has 1 N–H and O–H groups in total. The number of rotatable bonds is 11. The van der Waals surface area contributed by atoms with Gasteiger partial charge in [-0.2, -0.15) is 0 Å². The Bertz CT molecular complexity index is 1160. The Morgan fingerprint density at radius 3 is 2.66 bits per heavy atom. The fourth-order valence-electron chi connectivity index (χ4n) is 5.05. The predicted molar refractivity (Wildman–Crippen MR) is 142 cm³/mol. The van der Waals surface area contributed by atoms with Crippen molar-refractivity contribution in [2.75, 3.05) is 57.5 Å². The van der Waals surface area contributed by atoms with Crippen LogP contribution >= 0.6 is 0 Å². The highest BCUT2D eigenvalue weighted by Crippen LogP contribution is 2.33. The van der Waals surface area contributed by atoms with E-state index in [9.17, 15) is 9.50 Å². The van der Waals surface area contributed by atoms with Gasteiger partial charge in [0.05, 0.1) is 24.9 Å². The summed E-state index contributed by atoms with van der Waals surface area (Å²) >= 11 is 0. The molecule has 2 atom stereocenters.